The van der Waals surface area contributed by atoms with Crippen LogP contribution in [0.15, 0.2) is 16.6 Å². The van der Waals surface area contributed by atoms with E-state index < -0.39 is 0 Å². The molecule has 1 saturated carbocycles. The Labute approximate surface area is 108 Å². The highest BCUT2D eigenvalue weighted by atomic mass is 79.9. The van der Waals surface area contributed by atoms with Crippen molar-refractivity contribution in [2.45, 2.75) is 19.3 Å². The smallest absolute Gasteiger partial charge is 0.175 e. The van der Waals surface area contributed by atoms with Gasteiger partial charge in [-0.25, -0.2) is 0 Å². The van der Waals surface area contributed by atoms with Crippen molar-refractivity contribution in [1.82, 2.24) is 0 Å². The van der Waals surface area contributed by atoms with Gasteiger partial charge in [0.05, 0.1) is 4.47 Å². The standard InChI is InChI=1S/C13H13BrO3/c1-7(15)9-6-10(9)8-4-11(14)13-12(5-8)16-2-3-17-13/h4-5,9-10H,2-3,6H2,1H3. The van der Waals surface area contributed by atoms with Gasteiger partial charge in [-0.3, -0.25) is 4.79 Å². The fourth-order valence-electron chi connectivity index (χ4n) is 2.36. The molecule has 1 aliphatic heterocycles. The predicted octanol–water partition coefficient (Wildman–Crippen LogP) is 2.91. The summed E-state index contributed by atoms with van der Waals surface area (Å²) in [4.78, 5) is 11.3. The molecule has 0 saturated heterocycles. The predicted molar refractivity (Wildman–Crippen MR) is 66.7 cm³/mol. The molecule has 2 aliphatic rings. The number of hydrogen-bond donors (Lipinski definition) is 0. The SMILES string of the molecule is CC(=O)C1CC1c1cc(Br)c2c(c1)OCCO2. The maximum Gasteiger partial charge on any atom is 0.175 e. The van der Waals surface area contributed by atoms with Crippen LogP contribution in [0, 0.1) is 5.92 Å². The lowest BCUT2D eigenvalue weighted by Gasteiger charge is -2.20. The minimum absolute atomic E-state index is 0.199. The van der Waals surface area contributed by atoms with Gasteiger partial charge in [-0.1, -0.05) is 0 Å². The number of benzene rings is 1. The molecule has 3 nitrogen and oxygen atoms in total. The van der Waals surface area contributed by atoms with Crippen molar-refractivity contribution < 1.29 is 14.3 Å². The molecule has 1 fully saturated rings. The molecule has 17 heavy (non-hydrogen) atoms. The number of fused-ring (bicyclic) bond motifs is 1. The van der Waals surface area contributed by atoms with Crippen molar-refractivity contribution in [3.63, 3.8) is 0 Å². The quantitative estimate of drug-likeness (QED) is 0.842. The summed E-state index contributed by atoms with van der Waals surface area (Å²) >= 11 is 3.50. The van der Waals surface area contributed by atoms with Gasteiger partial charge in [-0.15, -0.1) is 0 Å². The maximum atomic E-state index is 11.3. The number of carbonyl (C=O) groups excluding carboxylic acids is 1. The Morgan fingerprint density at radius 3 is 2.82 bits per heavy atom. The normalized spacial score (nSPS) is 25.5. The lowest BCUT2D eigenvalue weighted by Crippen LogP contribution is -2.15. The van der Waals surface area contributed by atoms with Crippen molar-refractivity contribution in [2.75, 3.05) is 13.2 Å². The minimum Gasteiger partial charge on any atom is -0.486 e. The Bertz CT molecular complexity index is 484. The number of rotatable bonds is 2. The van der Waals surface area contributed by atoms with E-state index >= 15 is 0 Å². The molecular weight excluding hydrogens is 284 g/mol. The van der Waals surface area contributed by atoms with Gasteiger partial charge in [-0.05, 0) is 52.9 Å². The number of hydrogen-bond acceptors (Lipinski definition) is 3. The van der Waals surface area contributed by atoms with E-state index in [2.05, 4.69) is 15.9 Å². The molecule has 90 valence electrons. The van der Waals surface area contributed by atoms with Crippen LogP contribution < -0.4 is 9.47 Å². The molecule has 2 unspecified atom stereocenters. The summed E-state index contributed by atoms with van der Waals surface area (Å²) in [7, 11) is 0. The van der Waals surface area contributed by atoms with Crippen LogP contribution in [0.2, 0.25) is 0 Å². The van der Waals surface area contributed by atoms with Crippen LogP contribution >= 0.6 is 15.9 Å². The lowest BCUT2D eigenvalue weighted by molar-refractivity contribution is -0.118. The third kappa shape index (κ3) is 1.95. The summed E-state index contributed by atoms with van der Waals surface area (Å²) in [5.74, 6) is 2.40. The van der Waals surface area contributed by atoms with E-state index in [4.69, 9.17) is 9.47 Å². The first kappa shape index (κ1) is 11.1. The van der Waals surface area contributed by atoms with E-state index in [0.29, 0.717) is 19.1 Å². The molecule has 2 atom stereocenters. The molecule has 0 aromatic heterocycles. The zero-order chi connectivity index (χ0) is 12.0. The molecule has 1 heterocycles. The zero-order valence-corrected chi connectivity index (χ0v) is 11.1. The minimum atomic E-state index is 0.199. The monoisotopic (exact) mass is 296 g/mol. The number of halogens is 1. The largest absolute Gasteiger partial charge is 0.486 e. The van der Waals surface area contributed by atoms with Crippen LogP contribution in [0.25, 0.3) is 0 Å². The van der Waals surface area contributed by atoms with E-state index in [1.807, 2.05) is 12.1 Å². The zero-order valence-electron chi connectivity index (χ0n) is 9.53. The molecule has 0 amide bonds. The van der Waals surface area contributed by atoms with Crippen LogP contribution in [-0.4, -0.2) is 19.0 Å². The van der Waals surface area contributed by atoms with Crippen LogP contribution in [0.3, 0.4) is 0 Å². The van der Waals surface area contributed by atoms with Crippen molar-refractivity contribution >= 4 is 21.7 Å². The van der Waals surface area contributed by atoms with E-state index in [1.165, 1.54) is 5.56 Å². The second-order valence-electron chi connectivity index (χ2n) is 4.59. The first-order valence-corrected chi connectivity index (χ1v) is 6.55. The highest BCUT2D eigenvalue weighted by Gasteiger charge is 2.42. The Hall–Kier alpha value is -1.03. The van der Waals surface area contributed by atoms with Crippen LogP contribution in [0.4, 0.5) is 0 Å². The fraction of sp³-hybridized carbons (Fsp3) is 0.462. The van der Waals surface area contributed by atoms with E-state index in [9.17, 15) is 4.79 Å². The van der Waals surface area contributed by atoms with E-state index in [0.717, 1.165) is 22.4 Å². The van der Waals surface area contributed by atoms with Crippen LogP contribution in [-0.2, 0) is 4.79 Å². The molecule has 1 aliphatic carbocycles. The molecule has 0 bridgehead atoms. The van der Waals surface area contributed by atoms with Gasteiger partial charge < -0.3 is 9.47 Å². The summed E-state index contributed by atoms with van der Waals surface area (Å²) in [6.07, 6.45) is 0.960. The summed E-state index contributed by atoms with van der Waals surface area (Å²) in [6.45, 7) is 2.84. The first-order chi connectivity index (χ1) is 8.16. The number of Topliss-reactive ketones (excluding diaryl/α,β-unsaturated/α-hetero) is 1. The molecule has 1 aromatic rings. The van der Waals surface area contributed by atoms with Crippen molar-refractivity contribution in [2.24, 2.45) is 5.92 Å². The number of ketones is 1. The highest BCUT2D eigenvalue weighted by Crippen LogP contribution is 2.51. The molecule has 3 rings (SSSR count). The van der Waals surface area contributed by atoms with Crippen molar-refractivity contribution in [3.8, 4) is 11.5 Å². The maximum absolute atomic E-state index is 11.3. The summed E-state index contributed by atoms with van der Waals surface area (Å²) in [6, 6.07) is 4.05. The van der Waals surface area contributed by atoms with Gasteiger partial charge in [0.25, 0.3) is 0 Å². The summed E-state index contributed by atoms with van der Waals surface area (Å²) < 4.78 is 12.0. The second-order valence-corrected chi connectivity index (χ2v) is 5.44. The third-order valence-corrected chi connectivity index (χ3v) is 3.95. The van der Waals surface area contributed by atoms with E-state index in [1.54, 1.807) is 6.92 Å². The van der Waals surface area contributed by atoms with E-state index in [-0.39, 0.29) is 11.7 Å². The average Bonchev–Trinajstić information content (AvgIpc) is 3.09. The lowest BCUT2D eigenvalue weighted by atomic mass is 10.1. The third-order valence-electron chi connectivity index (χ3n) is 3.36. The first-order valence-electron chi connectivity index (χ1n) is 5.76. The van der Waals surface area contributed by atoms with Crippen molar-refractivity contribution in [3.05, 3.63) is 22.2 Å². The summed E-state index contributed by atoms with van der Waals surface area (Å²) in [5, 5.41) is 0. The van der Waals surface area contributed by atoms with Gasteiger partial charge in [0.15, 0.2) is 11.5 Å². The Morgan fingerprint density at radius 2 is 2.12 bits per heavy atom. The second kappa shape index (κ2) is 4.02. The van der Waals surface area contributed by atoms with Crippen LogP contribution in [0.5, 0.6) is 11.5 Å². The Morgan fingerprint density at radius 1 is 1.35 bits per heavy atom. The highest BCUT2D eigenvalue weighted by molar-refractivity contribution is 9.10. The van der Waals surface area contributed by atoms with Gasteiger partial charge in [-0.2, -0.15) is 0 Å². The van der Waals surface area contributed by atoms with Crippen LogP contribution in [0.1, 0.15) is 24.8 Å². The Balaban J connectivity index is 1.92. The Kier molecular flexibility index (Phi) is 2.62. The molecule has 4 heteroatoms. The molecule has 0 radical (unpaired) electrons. The van der Waals surface area contributed by atoms with Crippen molar-refractivity contribution in [1.29, 1.82) is 0 Å². The summed E-state index contributed by atoms with van der Waals surface area (Å²) in [5.41, 5.74) is 1.17. The molecule has 0 N–H and O–H groups in total. The molecule has 0 spiro atoms. The van der Waals surface area contributed by atoms with Gasteiger partial charge in [0.2, 0.25) is 0 Å². The number of carbonyl (C=O) groups is 1. The number of ether oxygens (including phenoxy) is 2. The van der Waals surface area contributed by atoms with Gasteiger partial charge in [0, 0.05) is 5.92 Å². The average molecular weight is 297 g/mol. The van der Waals surface area contributed by atoms with Gasteiger partial charge in [0.1, 0.15) is 19.0 Å². The van der Waals surface area contributed by atoms with Gasteiger partial charge >= 0.3 is 0 Å². The molecule has 1 aromatic carbocycles. The molecular formula is C13H13BrO3. The fourth-order valence-corrected chi connectivity index (χ4v) is 2.93. The topological polar surface area (TPSA) is 35.5 Å².